The first-order valence-electron chi connectivity index (χ1n) is 5.78. The zero-order chi connectivity index (χ0) is 15.0. The van der Waals surface area contributed by atoms with Crippen molar-refractivity contribution in [3.8, 4) is 0 Å². The standard InChI is InChI=1S/C13H13NO6/c1-2-19-13(16)9-20-12(15)7-6-10-4-3-5-11(8-10)14(17)18/h3-8H,2,9H2,1H3. The van der Waals surface area contributed by atoms with Crippen LogP contribution in [0.15, 0.2) is 30.3 Å². The Labute approximate surface area is 114 Å². The van der Waals surface area contributed by atoms with Gasteiger partial charge in [0.25, 0.3) is 5.69 Å². The summed E-state index contributed by atoms with van der Waals surface area (Å²) in [5.41, 5.74) is 0.402. The van der Waals surface area contributed by atoms with E-state index >= 15 is 0 Å². The van der Waals surface area contributed by atoms with Gasteiger partial charge in [-0.05, 0) is 18.6 Å². The van der Waals surface area contributed by atoms with Crippen molar-refractivity contribution in [3.05, 3.63) is 46.0 Å². The Morgan fingerprint density at radius 2 is 2.10 bits per heavy atom. The van der Waals surface area contributed by atoms with E-state index in [1.54, 1.807) is 13.0 Å². The van der Waals surface area contributed by atoms with Crippen LogP contribution in [0.25, 0.3) is 6.08 Å². The minimum absolute atomic E-state index is 0.0768. The van der Waals surface area contributed by atoms with Crippen LogP contribution in [0.2, 0.25) is 0 Å². The van der Waals surface area contributed by atoms with E-state index in [1.807, 2.05) is 0 Å². The first kappa shape index (κ1) is 15.4. The summed E-state index contributed by atoms with van der Waals surface area (Å²) in [7, 11) is 0. The van der Waals surface area contributed by atoms with Gasteiger partial charge in [0, 0.05) is 18.2 Å². The third-order valence-electron chi connectivity index (χ3n) is 2.13. The average molecular weight is 279 g/mol. The van der Waals surface area contributed by atoms with Gasteiger partial charge in [-0.1, -0.05) is 12.1 Å². The molecule has 0 radical (unpaired) electrons. The number of benzene rings is 1. The van der Waals surface area contributed by atoms with Gasteiger partial charge in [-0.2, -0.15) is 0 Å². The zero-order valence-electron chi connectivity index (χ0n) is 10.8. The molecule has 7 nitrogen and oxygen atoms in total. The predicted molar refractivity (Wildman–Crippen MR) is 69.7 cm³/mol. The van der Waals surface area contributed by atoms with Gasteiger partial charge in [0.1, 0.15) is 0 Å². The molecular weight excluding hydrogens is 266 g/mol. The lowest BCUT2D eigenvalue weighted by molar-refractivity contribution is -0.384. The van der Waals surface area contributed by atoms with Gasteiger partial charge in [-0.25, -0.2) is 9.59 Å². The maximum Gasteiger partial charge on any atom is 0.344 e. The molecule has 1 aromatic rings. The number of esters is 2. The van der Waals surface area contributed by atoms with Crippen molar-refractivity contribution >= 4 is 23.7 Å². The molecule has 0 aromatic heterocycles. The second-order valence-corrected chi connectivity index (χ2v) is 3.60. The fraction of sp³-hybridized carbons (Fsp3) is 0.231. The Hall–Kier alpha value is -2.70. The molecule has 0 heterocycles. The molecule has 7 heteroatoms. The van der Waals surface area contributed by atoms with Crippen molar-refractivity contribution in [2.24, 2.45) is 0 Å². The van der Waals surface area contributed by atoms with E-state index in [0.717, 1.165) is 6.08 Å². The van der Waals surface area contributed by atoms with Crippen molar-refractivity contribution in [2.45, 2.75) is 6.92 Å². The van der Waals surface area contributed by atoms with E-state index in [4.69, 9.17) is 0 Å². The van der Waals surface area contributed by atoms with E-state index < -0.39 is 23.5 Å². The first-order chi connectivity index (χ1) is 9.52. The minimum Gasteiger partial charge on any atom is -0.463 e. The van der Waals surface area contributed by atoms with Crippen LogP contribution in [-0.2, 0) is 19.1 Å². The van der Waals surface area contributed by atoms with E-state index in [-0.39, 0.29) is 12.3 Å². The van der Waals surface area contributed by atoms with Crippen molar-refractivity contribution in [3.63, 3.8) is 0 Å². The van der Waals surface area contributed by atoms with Crippen molar-refractivity contribution in [1.29, 1.82) is 0 Å². The van der Waals surface area contributed by atoms with Gasteiger partial charge in [0.15, 0.2) is 6.61 Å². The van der Waals surface area contributed by atoms with Gasteiger partial charge >= 0.3 is 11.9 Å². The normalized spacial score (nSPS) is 10.2. The summed E-state index contributed by atoms with van der Waals surface area (Å²) in [6.07, 6.45) is 2.44. The zero-order valence-corrected chi connectivity index (χ0v) is 10.8. The van der Waals surface area contributed by atoms with E-state index in [9.17, 15) is 19.7 Å². The number of hydrogen-bond donors (Lipinski definition) is 0. The molecular formula is C13H13NO6. The van der Waals surface area contributed by atoms with E-state index in [0.29, 0.717) is 5.56 Å². The summed E-state index contributed by atoms with van der Waals surface area (Å²) in [5, 5.41) is 10.6. The molecule has 20 heavy (non-hydrogen) atoms. The maximum atomic E-state index is 11.3. The summed E-state index contributed by atoms with van der Waals surface area (Å²) >= 11 is 0. The highest BCUT2D eigenvalue weighted by Crippen LogP contribution is 2.14. The maximum absolute atomic E-state index is 11.3. The smallest absolute Gasteiger partial charge is 0.344 e. The van der Waals surface area contributed by atoms with Crippen LogP contribution in [0.1, 0.15) is 12.5 Å². The van der Waals surface area contributed by atoms with Crippen LogP contribution in [0.3, 0.4) is 0 Å². The van der Waals surface area contributed by atoms with Gasteiger partial charge in [-0.3, -0.25) is 10.1 Å². The van der Waals surface area contributed by atoms with E-state index in [2.05, 4.69) is 9.47 Å². The lowest BCUT2D eigenvalue weighted by Crippen LogP contribution is -2.15. The third-order valence-corrected chi connectivity index (χ3v) is 2.13. The molecule has 0 atom stereocenters. The Bertz CT molecular complexity index is 537. The second-order valence-electron chi connectivity index (χ2n) is 3.60. The summed E-state index contributed by atoms with van der Waals surface area (Å²) in [6.45, 7) is 1.38. The monoisotopic (exact) mass is 279 g/mol. The molecule has 0 saturated carbocycles. The summed E-state index contributed by atoms with van der Waals surface area (Å²) in [6, 6.07) is 5.76. The fourth-order valence-corrected chi connectivity index (χ4v) is 1.29. The molecule has 0 N–H and O–H groups in total. The Morgan fingerprint density at radius 3 is 2.75 bits per heavy atom. The number of carbonyl (C=O) groups excluding carboxylic acids is 2. The minimum atomic E-state index is -0.732. The fourth-order valence-electron chi connectivity index (χ4n) is 1.29. The quantitative estimate of drug-likeness (QED) is 0.340. The molecule has 106 valence electrons. The number of hydrogen-bond acceptors (Lipinski definition) is 6. The molecule has 0 fully saturated rings. The van der Waals surface area contributed by atoms with Crippen LogP contribution in [0.5, 0.6) is 0 Å². The molecule has 0 unspecified atom stereocenters. The molecule has 0 saturated heterocycles. The van der Waals surface area contributed by atoms with Crippen molar-refractivity contribution in [1.82, 2.24) is 0 Å². The van der Waals surface area contributed by atoms with Crippen molar-refractivity contribution in [2.75, 3.05) is 13.2 Å². The molecule has 1 aromatic carbocycles. The summed E-state index contributed by atoms with van der Waals surface area (Å²) in [4.78, 5) is 32.3. The number of ether oxygens (including phenoxy) is 2. The highest BCUT2D eigenvalue weighted by molar-refractivity contribution is 5.88. The van der Waals surface area contributed by atoms with Gasteiger partial charge in [0.05, 0.1) is 11.5 Å². The van der Waals surface area contributed by atoms with Gasteiger partial charge in [0.2, 0.25) is 0 Å². The number of nitrogens with zero attached hydrogens (tertiary/aromatic N) is 1. The summed E-state index contributed by atoms with van der Waals surface area (Å²) < 4.78 is 9.20. The average Bonchev–Trinajstić information content (AvgIpc) is 2.43. The second kappa shape index (κ2) is 7.67. The Balaban J connectivity index is 2.55. The van der Waals surface area contributed by atoms with E-state index in [1.165, 1.54) is 24.3 Å². The molecule has 0 spiro atoms. The Morgan fingerprint density at radius 1 is 1.35 bits per heavy atom. The van der Waals surface area contributed by atoms with Crippen molar-refractivity contribution < 1.29 is 24.0 Å². The van der Waals surface area contributed by atoms with Crippen LogP contribution in [0, 0.1) is 10.1 Å². The number of rotatable bonds is 6. The van der Waals surface area contributed by atoms with Gasteiger partial charge in [-0.15, -0.1) is 0 Å². The topological polar surface area (TPSA) is 95.7 Å². The number of nitro groups is 1. The molecule has 0 aliphatic carbocycles. The lowest BCUT2D eigenvalue weighted by Gasteiger charge is -2.01. The SMILES string of the molecule is CCOC(=O)COC(=O)C=Cc1cccc([N+](=O)[O-])c1. The first-order valence-corrected chi connectivity index (χ1v) is 5.78. The highest BCUT2D eigenvalue weighted by Gasteiger charge is 2.06. The molecule has 0 amide bonds. The van der Waals surface area contributed by atoms with Crippen LogP contribution in [-0.4, -0.2) is 30.1 Å². The van der Waals surface area contributed by atoms with Crippen LogP contribution in [0.4, 0.5) is 5.69 Å². The molecule has 0 bridgehead atoms. The van der Waals surface area contributed by atoms with Crippen LogP contribution < -0.4 is 0 Å². The molecule has 0 aliphatic heterocycles. The predicted octanol–water partition coefficient (Wildman–Crippen LogP) is 1.71. The lowest BCUT2D eigenvalue weighted by atomic mass is 10.2. The number of carbonyl (C=O) groups is 2. The Kier molecular flexibility index (Phi) is 5.89. The summed E-state index contributed by atoms with van der Waals surface area (Å²) in [5.74, 6) is -1.37. The number of non-ortho nitro benzene ring substituents is 1. The van der Waals surface area contributed by atoms with Gasteiger partial charge < -0.3 is 9.47 Å². The highest BCUT2D eigenvalue weighted by atomic mass is 16.6. The largest absolute Gasteiger partial charge is 0.463 e. The van der Waals surface area contributed by atoms with Crippen LogP contribution >= 0.6 is 0 Å². The molecule has 0 aliphatic rings. The third kappa shape index (κ3) is 5.30. The molecule has 1 rings (SSSR count). The number of nitro benzene ring substituents is 1.